The molecule has 1 aliphatic carbocycles. The lowest BCUT2D eigenvalue weighted by atomic mass is 10.1. The van der Waals surface area contributed by atoms with E-state index < -0.39 is 0 Å². The molecule has 23 heavy (non-hydrogen) atoms. The van der Waals surface area contributed by atoms with Crippen LogP contribution in [0.3, 0.4) is 0 Å². The molecular formula is C20H19N2O+. The third-order valence-electron chi connectivity index (χ3n) is 4.45. The maximum absolute atomic E-state index is 12.3. The quantitative estimate of drug-likeness (QED) is 0.740. The van der Waals surface area contributed by atoms with Crippen molar-refractivity contribution in [3.8, 4) is 0 Å². The summed E-state index contributed by atoms with van der Waals surface area (Å²) in [5.74, 6) is 0.00299. The van der Waals surface area contributed by atoms with Gasteiger partial charge in [-0.1, -0.05) is 24.3 Å². The number of nitrogens with one attached hydrogen (secondary N) is 1. The van der Waals surface area contributed by atoms with Crippen LogP contribution in [0.5, 0.6) is 0 Å². The highest BCUT2D eigenvalue weighted by molar-refractivity contribution is 5.90. The molecule has 0 spiro atoms. The van der Waals surface area contributed by atoms with Gasteiger partial charge in [0.25, 0.3) is 5.91 Å². The van der Waals surface area contributed by atoms with E-state index in [-0.39, 0.29) is 5.91 Å². The summed E-state index contributed by atoms with van der Waals surface area (Å²) in [6.07, 6.45) is 7.47. The lowest BCUT2D eigenvalue weighted by Gasteiger charge is -2.06. The molecule has 1 N–H and O–H groups in total. The van der Waals surface area contributed by atoms with Gasteiger partial charge in [-0.2, -0.15) is 4.57 Å². The largest absolute Gasteiger partial charge is 0.321 e. The lowest BCUT2D eigenvalue weighted by Crippen LogP contribution is -2.39. The summed E-state index contributed by atoms with van der Waals surface area (Å²) in [7, 11) is 0. The van der Waals surface area contributed by atoms with Crippen molar-refractivity contribution in [2.24, 2.45) is 0 Å². The van der Waals surface area contributed by atoms with Crippen LogP contribution in [0.4, 0.5) is 5.69 Å². The van der Waals surface area contributed by atoms with Crippen molar-refractivity contribution in [2.45, 2.75) is 25.8 Å². The highest BCUT2D eigenvalue weighted by atomic mass is 16.1. The molecule has 3 nitrogen and oxygen atoms in total. The highest BCUT2D eigenvalue weighted by Gasteiger charge is 2.14. The van der Waals surface area contributed by atoms with Crippen LogP contribution in [0.25, 0.3) is 10.8 Å². The number of fused-ring (bicyclic) bond motifs is 2. The summed E-state index contributed by atoms with van der Waals surface area (Å²) in [6.45, 7) is 0.321. The molecule has 2 aromatic carbocycles. The normalized spacial score (nSPS) is 13.0. The zero-order valence-corrected chi connectivity index (χ0v) is 13.0. The van der Waals surface area contributed by atoms with E-state index >= 15 is 0 Å². The molecular weight excluding hydrogens is 284 g/mol. The van der Waals surface area contributed by atoms with Crippen molar-refractivity contribution in [3.63, 3.8) is 0 Å². The highest BCUT2D eigenvalue weighted by Crippen LogP contribution is 2.24. The topological polar surface area (TPSA) is 33.0 Å². The van der Waals surface area contributed by atoms with Crippen molar-refractivity contribution in [1.29, 1.82) is 0 Å². The maximum atomic E-state index is 12.3. The molecule has 0 bridgehead atoms. The minimum atomic E-state index is 0.00299. The third-order valence-corrected chi connectivity index (χ3v) is 4.45. The fraction of sp³-hybridized carbons (Fsp3) is 0.200. The first-order chi connectivity index (χ1) is 11.3. The van der Waals surface area contributed by atoms with Gasteiger partial charge in [0.15, 0.2) is 12.4 Å². The summed E-state index contributed by atoms with van der Waals surface area (Å²) in [5, 5.41) is 5.33. The molecule has 3 aromatic rings. The lowest BCUT2D eigenvalue weighted by molar-refractivity contribution is -0.682. The molecule has 0 unspecified atom stereocenters. The number of amides is 1. The number of hydrogen-bond donors (Lipinski definition) is 1. The van der Waals surface area contributed by atoms with E-state index in [4.69, 9.17) is 0 Å². The number of carbonyl (C=O) groups excluding carboxylic acids is 1. The van der Waals surface area contributed by atoms with Gasteiger partial charge < -0.3 is 5.32 Å². The van der Waals surface area contributed by atoms with E-state index in [1.54, 1.807) is 0 Å². The van der Waals surface area contributed by atoms with Crippen molar-refractivity contribution < 1.29 is 9.36 Å². The molecule has 0 fully saturated rings. The Bertz CT molecular complexity index is 886. The number of hydrogen-bond acceptors (Lipinski definition) is 1. The van der Waals surface area contributed by atoms with E-state index in [9.17, 15) is 4.79 Å². The van der Waals surface area contributed by atoms with Crippen LogP contribution in [-0.2, 0) is 24.2 Å². The molecule has 3 heteroatoms. The second kappa shape index (κ2) is 5.84. The Balaban J connectivity index is 1.48. The number of aryl methyl sites for hydroxylation is 2. The molecule has 4 rings (SSSR count). The summed E-state index contributed by atoms with van der Waals surface area (Å²) >= 11 is 0. The minimum Gasteiger partial charge on any atom is -0.321 e. The van der Waals surface area contributed by atoms with E-state index in [2.05, 4.69) is 29.6 Å². The van der Waals surface area contributed by atoms with Crippen LogP contribution in [0.15, 0.2) is 60.9 Å². The predicted octanol–water partition coefficient (Wildman–Crippen LogP) is 3.25. The number of rotatable bonds is 3. The number of anilines is 1. The van der Waals surface area contributed by atoms with Crippen LogP contribution in [-0.4, -0.2) is 5.91 Å². The number of pyridine rings is 1. The molecule has 1 aromatic heterocycles. The fourth-order valence-electron chi connectivity index (χ4n) is 3.29. The SMILES string of the molecule is O=C(C[n+]1ccc2ccccc2c1)Nc1ccc2c(c1)CCC2. The van der Waals surface area contributed by atoms with Crippen LogP contribution in [0.2, 0.25) is 0 Å². The van der Waals surface area contributed by atoms with E-state index in [0.29, 0.717) is 6.54 Å². The zero-order valence-electron chi connectivity index (χ0n) is 13.0. The average molecular weight is 303 g/mol. The molecule has 0 saturated carbocycles. The molecule has 0 aliphatic heterocycles. The molecule has 114 valence electrons. The second-order valence-corrected chi connectivity index (χ2v) is 6.13. The third kappa shape index (κ3) is 2.95. The summed E-state index contributed by atoms with van der Waals surface area (Å²) in [4.78, 5) is 12.3. The molecule has 0 saturated heterocycles. The Morgan fingerprint density at radius 1 is 1.00 bits per heavy atom. The van der Waals surface area contributed by atoms with Gasteiger partial charge in [-0.3, -0.25) is 4.79 Å². The Morgan fingerprint density at radius 2 is 1.83 bits per heavy atom. The molecule has 0 radical (unpaired) electrons. The maximum Gasteiger partial charge on any atom is 0.290 e. The van der Waals surface area contributed by atoms with E-state index in [0.717, 1.165) is 23.9 Å². The predicted molar refractivity (Wildman–Crippen MR) is 91.2 cm³/mol. The molecule has 1 amide bonds. The monoisotopic (exact) mass is 303 g/mol. The van der Waals surface area contributed by atoms with Crippen LogP contribution in [0, 0.1) is 0 Å². The van der Waals surface area contributed by atoms with Gasteiger partial charge in [0.1, 0.15) is 0 Å². The average Bonchev–Trinajstić information content (AvgIpc) is 3.02. The van der Waals surface area contributed by atoms with Gasteiger partial charge in [0.05, 0.1) is 0 Å². The van der Waals surface area contributed by atoms with Crippen LogP contribution < -0.4 is 9.88 Å². The van der Waals surface area contributed by atoms with Gasteiger partial charge in [-0.15, -0.1) is 0 Å². The minimum absolute atomic E-state index is 0.00299. The number of nitrogens with zero attached hydrogens (tertiary/aromatic N) is 1. The van der Waals surface area contributed by atoms with Crippen LogP contribution in [0.1, 0.15) is 17.5 Å². The van der Waals surface area contributed by atoms with Crippen LogP contribution >= 0.6 is 0 Å². The van der Waals surface area contributed by atoms with E-state index in [1.807, 2.05) is 41.2 Å². The number of carbonyl (C=O) groups is 1. The molecule has 1 aliphatic rings. The number of aromatic nitrogens is 1. The second-order valence-electron chi connectivity index (χ2n) is 6.13. The van der Waals surface area contributed by atoms with Gasteiger partial charge in [0, 0.05) is 17.1 Å². The first-order valence-corrected chi connectivity index (χ1v) is 8.07. The zero-order chi connectivity index (χ0) is 15.6. The van der Waals surface area contributed by atoms with Gasteiger partial charge in [-0.05, 0) is 54.0 Å². The standard InChI is InChI=1S/C20H18N2O/c23-20(21-19-9-8-15-6-3-7-17(15)12-19)14-22-11-10-16-4-1-2-5-18(16)13-22/h1-2,4-5,8-13H,3,6-7,14H2/p+1. The number of benzene rings is 2. The fourth-order valence-corrected chi connectivity index (χ4v) is 3.29. The summed E-state index contributed by atoms with van der Waals surface area (Å²) < 4.78 is 1.92. The van der Waals surface area contributed by atoms with Crippen molar-refractivity contribution in [2.75, 3.05) is 5.32 Å². The van der Waals surface area contributed by atoms with Gasteiger partial charge in [-0.25, -0.2) is 0 Å². The van der Waals surface area contributed by atoms with Crippen molar-refractivity contribution >= 4 is 22.4 Å². The van der Waals surface area contributed by atoms with Crippen molar-refractivity contribution in [1.82, 2.24) is 0 Å². The Morgan fingerprint density at radius 3 is 2.74 bits per heavy atom. The summed E-state index contributed by atoms with van der Waals surface area (Å²) in [6, 6.07) is 16.5. The smallest absolute Gasteiger partial charge is 0.290 e. The first-order valence-electron chi connectivity index (χ1n) is 8.07. The van der Waals surface area contributed by atoms with E-state index in [1.165, 1.54) is 22.9 Å². The Hall–Kier alpha value is -2.68. The van der Waals surface area contributed by atoms with Crippen molar-refractivity contribution in [3.05, 3.63) is 72.1 Å². The molecule has 0 atom stereocenters. The Kier molecular flexibility index (Phi) is 3.54. The van der Waals surface area contributed by atoms with Gasteiger partial charge in [0.2, 0.25) is 6.54 Å². The van der Waals surface area contributed by atoms with Gasteiger partial charge >= 0.3 is 0 Å². The first kappa shape index (κ1) is 13.9. The molecule has 1 heterocycles. The summed E-state index contributed by atoms with van der Waals surface area (Å²) in [5.41, 5.74) is 3.70. The Labute approximate surface area is 135 Å².